The van der Waals surface area contributed by atoms with Crippen molar-refractivity contribution in [3.8, 4) is 0 Å². The molecule has 1 atom stereocenters. The Morgan fingerprint density at radius 1 is 1.13 bits per heavy atom. The van der Waals surface area contributed by atoms with Gasteiger partial charge in [0, 0.05) is 20.6 Å². The van der Waals surface area contributed by atoms with Crippen molar-refractivity contribution in [2.75, 3.05) is 25.5 Å². The van der Waals surface area contributed by atoms with Crippen molar-refractivity contribution in [3.63, 3.8) is 0 Å². The minimum atomic E-state index is -3.54. The van der Waals surface area contributed by atoms with E-state index in [1.54, 1.807) is 11.8 Å². The normalized spacial score (nSPS) is 24.7. The summed E-state index contributed by atoms with van der Waals surface area (Å²) in [5.41, 5.74) is -0.376. The zero-order chi connectivity index (χ0) is 17.0. The van der Waals surface area contributed by atoms with Crippen LogP contribution in [0.25, 0.3) is 0 Å². The van der Waals surface area contributed by atoms with Crippen LogP contribution in [-0.2, 0) is 14.8 Å². The number of urea groups is 1. The number of nitrogens with zero attached hydrogens (tertiary/aromatic N) is 3. The lowest BCUT2D eigenvalue weighted by atomic mass is 9.99. The molecule has 23 heavy (non-hydrogen) atoms. The molecule has 0 aromatic heterocycles. The fourth-order valence-corrected chi connectivity index (χ4v) is 4.05. The molecule has 2 heterocycles. The van der Waals surface area contributed by atoms with Gasteiger partial charge in [0.25, 0.3) is 5.91 Å². The second-order valence-corrected chi connectivity index (χ2v) is 8.39. The average Bonchev–Trinajstić information content (AvgIpc) is 2.97. The Kier molecular flexibility index (Phi) is 3.49. The van der Waals surface area contributed by atoms with E-state index in [-0.39, 0.29) is 16.8 Å². The maximum Gasteiger partial charge on any atom is 0.332 e. The number of imide groups is 1. The Morgan fingerprint density at radius 2 is 1.74 bits per heavy atom. The Labute approximate surface area is 135 Å². The van der Waals surface area contributed by atoms with Gasteiger partial charge >= 0.3 is 6.03 Å². The SMILES string of the molecule is CN(C)S(=O)(=O)c1ccc(N2C(=O)N3CCCC3(C)C2=O)cc1. The summed E-state index contributed by atoms with van der Waals surface area (Å²) in [7, 11) is -0.636. The molecule has 2 fully saturated rings. The van der Waals surface area contributed by atoms with E-state index in [0.29, 0.717) is 18.7 Å². The highest BCUT2D eigenvalue weighted by molar-refractivity contribution is 7.89. The predicted octanol–water partition coefficient (Wildman–Crippen LogP) is 1.26. The molecule has 8 heteroatoms. The van der Waals surface area contributed by atoms with Crippen LogP contribution in [0.4, 0.5) is 10.5 Å². The molecule has 0 saturated carbocycles. The summed E-state index contributed by atoms with van der Waals surface area (Å²) in [6, 6.07) is 5.49. The van der Waals surface area contributed by atoms with E-state index in [1.165, 1.54) is 38.4 Å². The largest absolute Gasteiger partial charge is 0.332 e. The Bertz CT molecular complexity index is 772. The molecule has 2 aliphatic heterocycles. The van der Waals surface area contributed by atoms with Gasteiger partial charge < -0.3 is 4.90 Å². The summed E-state index contributed by atoms with van der Waals surface area (Å²) in [5, 5.41) is 0. The third kappa shape index (κ3) is 2.16. The monoisotopic (exact) mass is 337 g/mol. The number of fused-ring (bicyclic) bond motifs is 1. The van der Waals surface area contributed by atoms with Crippen LogP contribution < -0.4 is 4.90 Å². The summed E-state index contributed by atoms with van der Waals surface area (Å²) < 4.78 is 25.3. The zero-order valence-corrected chi connectivity index (χ0v) is 14.1. The lowest BCUT2D eigenvalue weighted by molar-refractivity contribution is -0.123. The van der Waals surface area contributed by atoms with E-state index in [0.717, 1.165) is 15.6 Å². The highest BCUT2D eigenvalue weighted by Gasteiger charge is 2.56. The molecule has 0 bridgehead atoms. The first-order valence-electron chi connectivity index (χ1n) is 7.38. The predicted molar refractivity (Wildman–Crippen MR) is 84.5 cm³/mol. The van der Waals surface area contributed by atoms with Crippen LogP contribution in [0.5, 0.6) is 0 Å². The first-order chi connectivity index (χ1) is 10.7. The number of sulfonamides is 1. The van der Waals surface area contributed by atoms with Gasteiger partial charge in [0.05, 0.1) is 10.6 Å². The van der Waals surface area contributed by atoms with Crippen molar-refractivity contribution in [2.45, 2.75) is 30.2 Å². The second kappa shape index (κ2) is 5.04. The van der Waals surface area contributed by atoms with Gasteiger partial charge in [-0.1, -0.05) is 0 Å². The number of hydrogen-bond acceptors (Lipinski definition) is 4. The number of carbonyl (C=O) groups is 2. The van der Waals surface area contributed by atoms with Crippen LogP contribution in [0, 0.1) is 0 Å². The number of hydrogen-bond donors (Lipinski definition) is 0. The van der Waals surface area contributed by atoms with Gasteiger partial charge in [0.2, 0.25) is 10.0 Å². The number of benzene rings is 1. The first kappa shape index (κ1) is 15.9. The van der Waals surface area contributed by atoms with Crippen molar-refractivity contribution >= 4 is 27.6 Å². The minimum absolute atomic E-state index is 0.122. The van der Waals surface area contributed by atoms with Crippen LogP contribution in [0.2, 0.25) is 0 Å². The summed E-state index contributed by atoms with van der Waals surface area (Å²) in [4.78, 5) is 28.0. The Balaban J connectivity index is 1.95. The molecular weight excluding hydrogens is 318 g/mol. The maximum atomic E-state index is 12.6. The van der Waals surface area contributed by atoms with Crippen molar-refractivity contribution in [1.82, 2.24) is 9.21 Å². The van der Waals surface area contributed by atoms with E-state index >= 15 is 0 Å². The lowest BCUT2D eigenvalue weighted by Crippen LogP contribution is -2.41. The number of amides is 3. The van der Waals surface area contributed by atoms with Gasteiger partial charge in [-0.05, 0) is 44.0 Å². The quantitative estimate of drug-likeness (QED) is 0.778. The summed E-state index contributed by atoms with van der Waals surface area (Å²) in [6.07, 6.45) is 1.48. The first-order valence-corrected chi connectivity index (χ1v) is 8.82. The molecule has 1 unspecified atom stereocenters. The minimum Gasteiger partial charge on any atom is -0.309 e. The Hall–Kier alpha value is -1.93. The lowest BCUT2D eigenvalue weighted by Gasteiger charge is -2.22. The molecule has 7 nitrogen and oxygen atoms in total. The standard InChI is InChI=1S/C15H19N3O4S/c1-15-9-4-10-17(15)14(20)18(13(15)19)11-5-7-12(8-6-11)23(21,22)16(2)3/h5-8H,4,9-10H2,1-3H3. The number of anilines is 1. The van der Waals surface area contributed by atoms with Crippen LogP contribution in [0.1, 0.15) is 19.8 Å². The van der Waals surface area contributed by atoms with E-state index in [2.05, 4.69) is 0 Å². The molecule has 3 rings (SSSR count). The van der Waals surface area contributed by atoms with Crippen LogP contribution >= 0.6 is 0 Å². The number of carbonyl (C=O) groups excluding carboxylic acids is 2. The third-order valence-corrected chi connectivity index (χ3v) is 6.43. The molecule has 124 valence electrons. The summed E-state index contributed by atoms with van der Waals surface area (Å²) >= 11 is 0. The molecule has 0 spiro atoms. The molecular formula is C15H19N3O4S. The van der Waals surface area contributed by atoms with E-state index < -0.39 is 15.6 Å². The maximum absolute atomic E-state index is 12.6. The van der Waals surface area contributed by atoms with Gasteiger partial charge in [-0.25, -0.2) is 22.4 Å². The number of rotatable bonds is 3. The van der Waals surface area contributed by atoms with Crippen molar-refractivity contribution in [1.29, 1.82) is 0 Å². The van der Waals surface area contributed by atoms with Gasteiger partial charge in [-0.2, -0.15) is 0 Å². The average molecular weight is 337 g/mol. The molecule has 1 aromatic rings. The summed E-state index contributed by atoms with van der Waals surface area (Å²) in [5.74, 6) is -0.247. The van der Waals surface area contributed by atoms with Crippen molar-refractivity contribution in [3.05, 3.63) is 24.3 Å². The van der Waals surface area contributed by atoms with Gasteiger partial charge in [0.15, 0.2) is 0 Å². The molecule has 2 saturated heterocycles. The van der Waals surface area contributed by atoms with Gasteiger partial charge in [-0.3, -0.25) is 4.79 Å². The Morgan fingerprint density at radius 3 is 2.26 bits per heavy atom. The van der Waals surface area contributed by atoms with Crippen LogP contribution in [-0.4, -0.2) is 55.7 Å². The fourth-order valence-electron chi connectivity index (χ4n) is 3.15. The van der Waals surface area contributed by atoms with E-state index in [1.807, 2.05) is 0 Å². The summed E-state index contributed by atoms with van der Waals surface area (Å²) in [6.45, 7) is 2.36. The highest BCUT2D eigenvalue weighted by Crippen LogP contribution is 2.39. The molecule has 0 radical (unpaired) electrons. The smallest absolute Gasteiger partial charge is 0.309 e. The van der Waals surface area contributed by atoms with E-state index in [4.69, 9.17) is 0 Å². The fraction of sp³-hybridized carbons (Fsp3) is 0.467. The van der Waals surface area contributed by atoms with Gasteiger partial charge in [-0.15, -0.1) is 0 Å². The third-order valence-electron chi connectivity index (χ3n) is 4.60. The molecule has 2 aliphatic rings. The van der Waals surface area contributed by atoms with Crippen molar-refractivity contribution < 1.29 is 18.0 Å². The molecule has 1 aromatic carbocycles. The highest BCUT2D eigenvalue weighted by atomic mass is 32.2. The second-order valence-electron chi connectivity index (χ2n) is 6.23. The van der Waals surface area contributed by atoms with Crippen LogP contribution in [0.3, 0.4) is 0 Å². The molecule has 3 amide bonds. The van der Waals surface area contributed by atoms with Crippen LogP contribution in [0.15, 0.2) is 29.2 Å². The van der Waals surface area contributed by atoms with E-state index in [9.17, 15) is 18.0 Å². The zero-order valence-electron chi connectivity index (χ0n) is 13.3. The molecule has 0 N–H and O–H groups in total. The molecule has 0 aliphatic carbocycles. The topological polar surface area (TPSA) is 78.0 Å². The van der Waals surface area contributed by atoms with Crippen molar-refractivity contribution in [2.24, 2.45) is 0 Å². The van der Waals surface area contributed by atoms with Gasteiger partial charge in [0.1, 0.15) is 5.54 Å².